The number of allylic oxidation sites excluding steroid dienone is 1. The zero-order valence-electron chi connectivity index (χ0n) is 17.9. The van der Waals surface area contributed by atoms with E-state index < -0.39 is 0 Å². The molecule has 0 amide bonds. The molecule has 2 atom stereocenters. The Morgan fingerprint density at radius 2 is 2.00 bits per heavy atom. The first-order valence-electron chi connectivity index (χ1n) is 11.0. The van der Waals surface area contributed by atoms with Crippen molar-refractivity contribution in [2.45, 2.75) is 44.7 Å². The van der Waals surface area contributed by atoms with Crippen LogP contribution in [0.3, 0.4) is 0 Å². The Kier molecular flexibility index (Phi) is 8.64. The fourth-order valence-electron chi connectivity index (χ4n) is 5.17. The number of hydrogen-bond donors (Lipinski definition) is 2. The Morgan fingerprint density at radius 3 is 2.81 bits per heavy atom. The van der Waals surface area contributed by atoms with Gasteiger partial charge in [-0.05, 0) is 74.8 Å². The van der Waals surface area contributed by atoms with Crippen molar-refractivity contribution in [2.24, 2.45) is 5.92 Å². The average molecular weight is 497 g/mol. The minimum atomic E-state index is -0.121. The van der Waals surface area contributed by atoms with Crippen LogP contribution in [-0.4, -0.2) is 41.5 Å². The van der Waals surface area contributed by atoms with Gasteiger partial charge in [-0.1, -0.05) is 12.5 Å². The third-order valence-electron chi connectivity index (χ3n) is 6.67. The van der Waals surface area contributed by atoms with Crippen molar-refractivity contribution in [3.05, 3.63) is 51.4 Å². The van der Waals surface area contributed by atoms with Crippen molar-refractivity contribution in [1.29, 1.82) is 0 Å². The smallest absolute Gasteiger partial charge is 0.232 e. The number of halogens is 2. The highest BCUT2D eigenvalue weighted by molar-refractivity contribution is 7.10. The van der Waals surface area contributed by atoms with Crippen molar-refractivity contribution < 1.29 is 14.6 Å². The van der Waals surface area contributed by atoms with Gasteiger partial charge in [-0.25, -0.2) is 0 Å². The number of carbonyl (C=O) groups excluding carboxylic acids is 1. The molecule has 2 aromatic rings. The Balaban J connectivity index is 0.00000144. The summed E-state index contributed by atoms with van der Waals surface area (Å²) in [7, 11) is 0. The quantitative estimate of drug-likeness (QED) is 0.552. The van der Waals surface area contributed by atoms with Crippen molar-refractivity contribution in [2.75, 3.05) is 19.6 Å². The number of aromatic hydroxyl groups is 1. The van der Waals surface area contributed by atoms with Crippen LogP contribution >= 0.6 is 36.2 Å². The monoisotopic (exact) mass is 496 g/mol. The number of phenolic OH excluding ortho intramolecular Hbond substituents is 1. The van der Waals surface area contributed by atoms with E-state index in [4.69, 9.17) is 4.74 Å². The predicted octanol–water partition coefficient (Wildman–Crippen LogP) is 5.27. The minimum absolute atomic E-state index is 0. The number of carbonyl (C=O) groups is 1. The average Bonchev–Trinajstić information content (AvgIpc) is 3.38. The highest BCUT2D eigenvalue weighted by Gasteiger charge is 2.34. The number of phenols is 1. The lowest BCUT2D eigenvalue weighted by molar-refractivity contribution is 0.0593. The molecule has 0 bridgehead atoms. The van der Waals surface area contributed by atoms with Crippen LogP contribution in [-0.2, 0) is 6.54 Å². The number of hydrogen-bond acceptors (Lipinski definition) is 6. The lowest BCUT2D eigenvalue weighted by Gasteiger charge is -2.44. The second-order valence-electron chi connectivity index (χ2n) is 8.53. The lowest BCUT2D eigenvalue weighted by Crippen LogP contribution is -2.50. The topological polar surface area (TPSA) is 61.8 Å². The summed E-state index contributed by atoms with van der Waals surface area (Å²) in [6.45, 7) is 3.90. The van der Waals surface area contributed by atoms with Crippen molar-refractivity contribution >= 4 is 48.0 Å². The van der Waals surface area contributed by atoms with Gasteiger partial charge in [0.15, 0.2) is 5.76 Å². The molecule has 0 aliphatic carbocycles. The summed E-state index contributed by atoms with van der Waals surface area (Å²) in [4.78, 5) is 16.4. The molecular weight excluding hydrogens is 467 g/mol. The first-order chi connectivity index (χ1) is 14.7. The predicted molar refractivity (Wildman–Crippen MR) is 133 cm³/mol. The summed E-state index contributed by atoms with van der Waals surface area (Å²) in [5.41, 5.74) is 1.20. The number of rotatable bonds is 5. The Hall–Kier alpha value is -1.57. The van der Waals surface area contributed by atoms with Crippen LogP contribution in [0.5, 0.6) is 11.5 Å². The normalized spacial score (nSPS) is 23.6. The van der Waals surface area contributed by atoms with E-state index in [1.54, 1.807) is 29.5 Å². The maximum atomic E-state index is 12.8. The number of thiophene rings is 1. The highest BCUT2D eigenvalue weighted by atomic mass is 35.5. The van der Waals surface area contributed by atoms with Crippen molar-refractivity contribution in [3.63, 3.8) is 0 Å². The Labute approximate surface area is 205 Å². The third-order valence-corrected chi connectivity index (χ3v) is 7.49. The van der Waals surface area contributed by atoms with Crippen molar-refractivity contribution in [1.82, 2.24) is 10.2 Å². The lowest BCUT2D eigenvalue weighted by atomic mass is 9.83. The number of ketones is 1. The molecule has 2 N–H and O–H groups in total. The molecule has 2 saturated heterocycles. The fraction of sp³-hybridized carbons (Fsp3) is 0.458. The summed E-state index contributed by atoms with van der Waals surface area (Å²) < 4.78 is 5.94. The van der Waals surface area contributed by atoms with E-state index in [2.05, 4.69) is 10.2 Å². The van der Waals surface area contributed by atoms with Crippen LogP contribution in [0.4, 0.5) is 0 Å². The molecule has 3 aliphatic heterocycles. The Morgan fingerprint density at radius 1 is 1.16 bits per heavy atom. The molecule has 3 aliphatic rings. The van der Waals surface area contributed by atoms with Gasteiger partial charge >= 0.3 is 0 Å². The summed E-state index contributed by atoms with van der Waals surface area (Å²) in [5, 5.41) is 16.0. The van der Waals surface area contributed by atoms with E-state index in [1.807, 2.05) is 17.5 Å². The minimum Gasteiger partial charge on any atom is -0.507 e. The van der Waals surface area contributed by atoms with Crippen LogP contribution < -0.4 is 10.1 Å². The van der Waals surface area contributed by atoms with Gasteiger partial charge < -0.3 is 20.1 Å². The molecule has 1 aromatic heterocycles. The molecule has 1 aromatic carbocycles. The maximum Gasteiger partial charge on any atom is 0.232 e. The van der Waals surface area contributed by atoms with E-state index in [0.29, 0.717) is 41.1 Å². The van der Waals surface area contributed by atoms with Gasteiger partial charge in [0.1, 0.15) is 11.5 Å². The van der Waals surface area contributed by atoms with Crippen LogP contribution in [0.25, 0.3) is 6.08 Å². The van der Waals surface area contributed by atoms with Crippen LogP contribution in [0, 0.1) is 5.92 Å². The Bertz CT molecular complexity index is 962. The van der Waals surface area contributed by atoms with E-state index in [9.17, 15) is 9.90 Å². The van der Waals surface area contributed by atoms with Crippen LogP contribution in [0.2, 0.25) is 0 Å². The largest absolute Gasteiger partial charge is 0.507 e. The second kappa shape index (κ2) is 11.0. The van der Waals surface area contributed by atoms with E-state index in [1.165, 1.54) is 45.2 Å². The zero-order valence-corrected chi connectivity index (χ0v) is 20.4. The van der Waals surface area contributed by atoms with Gasteiger partial charge in [-0.2, -0.15) is 0 Å². The van der Waals surface area contributed by atoms with Gasteiger partial charge in [0.05, 0.1) is 11.1 Å². The molecule has 4 heterocycles. The first kappa shape index (κ1) is 25.1. The molecule has 5 nitrogen and oxygen atoms in total. The second-order valence-corrected chi connectivity index (χ2v) is 9.51. The fourth-order valence-corrected chi connectivity index (χ4v) is 5.81. The molecule has 0 spiro atoms. The number of ether oxygens (including phenoxy) is 1. The number of nitrogens with zero attached hydrogens (tertiary/aromatic N) is 1. The summed E-state index contributed by atoms with van der Waals surface area (Å²) >= 11 is 1.56. The standard InChI is InChI=1S/C24H28N2O3S.2ClH/c27-21-9-8-18-23(28)22(13-17-6-4-12-30-17)29-24(18)19(21)15-25-14-16-5-3-11-26-10-2-1-7-20(16)26;;/h4,6,8-9,12-13,16,20,25,27H,1-3,5,7,10-11,14-15H2;2*1H/b22-13+;;/t16-,20+;;/m0../s1. The molecule has 5 rings (SSSR count). The zero-order chi connectivity index (χ0) is 20.5. The third kappa shape index (κ3) is 5.00. The molecule has 0 radical (unpaired) electrons. The number of piperidine rings is 2. The summed E-state index contributed by atoms with van der Waals surface area (Å²) in [5.74, 6) is 1.52. The van der Waals surface area contributed by atoms with Gasteiger partial charge in [0, 0.05) is 23.5 Å². The van der Waals surface area contributed by atoms with E-state index in [0.717, 1.165) is 11.4 Å². The van der Waals surface area contributed by atoms with Gasteiger partial charge in [-0.15, -0.1) is 36.2 Å². The molecule has 0 saturated carbocycles. The van der Waals surface area contributed by atoms with Gasteiger partial charge in [-0.3, -0.25) is 4.79 Å². The summed E-state index contributed by atoms with van der Waals surface area (Å²) in [6.07, 6.45) is 8.26. The number of Topliss-reactive ketones (excluding diaryl/α,β-unsaturated/α-hetero) is 1. The SMILES string of the molecule is Cl.Cl.O=C1/C(=C\c2cccs2)Oc2c1ccc(O)c2CNC[C@@H]1CCCN2CCCC[C@H]12. The van der Waals surface area contributed by atoms with Gasteiger partial charge in [0.25, 0.3) is 0 Å². The summed E-state index contributed by atoms with van der Waals surface area (Å²) in [6, 6.07) is 7.86. The molecule has 8 heteroatoms. The number of nitrogens with one attached hydrogen (secondary N) is 1. The number of fused-ring (bicyclic) bond motifs is 2. The highest BCUT2D eigenvalue weighted by Crippen LogP contribution is 2.40. The van der Waals surface area contributed by atoms with Gasteiger partial charge in [0.2, 0.25) is 5.78 Å². The van der Waals surface area contributed by atoms with Crippen molar-refractivity contribution in [3.8, 4) is 11.5 Å². The number of benzene rings is 1. The van der Waals surface area contributed by atoms with E-state index in [-0.39, 0.29) is 36.3 Å². The van der Waals surface area contributed by atoms with Crippen LogP contribution in [0.15, 0.2) is 35.4 Å². The maximum absolute atomic E-state index is 12.8. The molecule has 2 fully saturated rings. The molecular formula is C24H30Cl2N2O3S. The van der Waals surface area contributed by atoms with Crippen LogP contribution in [0.1, 0.15) is 52.9 Å². The van der Waals surface area contributed by atoms with E-state index >= 15 is 0 Å². The molecule has 32 heavy (non-hydrogen) atoms. The molecule has 0 unspecified atom stereocenters. The first-order valence-corrected chi connectivity index (χ1v) is 11.9. The molecule has 174 valence electrons.